The Balaban J connectivity index is 1.19. The van der Waals surface area contributed by atoms with E-state index >= 15 is 0 Å². The van der Waals surface area contributed by atoms with E-state index in [0.29, 0.717) is 23.0 Å². The highest BCUT2D eigenvalue weighted by atomic mass is 16.7. The van der Waals surface area contributed by atoms with Gasteiger partial charge in [0.25, 0.3) is 0 Å². The van der Waals surface area contributed by atoms with Gasteiger partial charge in [-0.1, -0.05) is 35.5 Å². The van der Waals surface area contributed by atoms with Crippen LogP contribution in [-0.2, 0) is 22.6 Å². The Labute approximate surface area is 174 Å². The Morgan fingerprint density at radius 3 is 2.83 bits per heavy atom. The minimum Gasteiger partial charge on any atom is -0.454 e. The zero-order chi connectivity index (χ0) is 20.8. The van der Waals surface area contributed by atoms with E-state index in [2.05, 4.69) is 22.6 Å². The van der Waals surface area contributed by atoms with Crippen molar-refractivity contribution < 1.29 is 23.5 Å². The highest BCUT2D eigenvalue weighted by Gasteiger charge is 2.16. The number of hydrogen-bond acceptors (Lipinski definition) is 6. The van der Waals surface area contributed by atoms with Crippen molar-refractivity contribution >= 4 is 5.91 Å². The van der Waals surface area contributed by atoms with Crippen LogP contribution in [0, 0.1) is 0 Å². The third-order valence-electron chi connectivity index (χ3n) is 4.82. The van der Waals surface area contributed by atoms with Crippen molar-refractivity contribution in [2.24, 2.45) is 0 Å². The van der Waals surface area contributed by atoms with Crippen LogP contribution in [0.4, 0.5) is 0 Å². The van der Waals surface area contributed by atoms with E-state index < -0.39 is 0 Å². The van der Waals surface area contributed by atoms with Gasteiger partial charge in [0, 0.05) is 17.7 Å². The fraction of sp³-hybridized carbons (Fsp3) is 0.304. The highest BCUT2D eigenvalue weighted by molar-refractivity contribution is 5.77. The third-order valence-corrected chi connectivity index (χ3v) is 4.82. The molecule has 0 saturated carbocycles. The second-order valence-corrected chi connectivity index (χ2v) is 7.24. The number of carbonyl (C=O) groups is 1. The fourth-order valence-corrected chi connectivity index (χ4v) is 3.23. The summed E-state index contributed by atoms with van der Waals surface area (Å²) in [7, 11) is 0. The summed E-state index contributed by atoms with van der Waals surface area (Å²) in [6.45, 7) is 2.39. The normalized spacial score (nSPS) is 13.2. The van der Waals surface area contributed by atoms with E-state index in [1.165, 1.54) is 5.56 Å². The van der Waals surface area contributed by atoms with Gasteiger partial charge in [0.1, 0.15) is 12.3 Å². The van der Waals surface area contributed by atoms with E-state index in [0.717, 1.165) is 18.4 Å². The first kappa shape index (κ1) is 20.0. The minimum atomic E-state index is -0.143. The molecule has 0 bridgehead atoms. The molecule has 1 aromatic heterocycles. The molecular formula is C23H24N2O5. The summed E-state index contributed by atoms with van der Waals surface area (Å²) in [5.41, 5.74) is 2.72. The molecule has 0 aliphatic carbocycles. The fourth-order valence-electron chi connectivity index (χ4n) is 3.23. The van der Waals surface area contributed by atoms with Crippen molar-refractivity contribution in [3.8, 4) is 22.8 Å². The predicted molar refractivity (Wildman–Crippen MR) is 110 cm³/mol. The summed E-state index contributed by atoms with van der Waals surface area (Å²) in [5, 5.41) is 6.96. The van der Waals surface area contributed by atoms with Crippen molar-refractivity contribution in [3.63, 3.8) is 0 Å². The summed E-state index contributed by atoms with van der Waals surface area (Å²) in [4.78, 5) is 12.1. The van der Waals surface area contributed by atoms with Gasteiger partial charge in [0.05, 0.1) is 6.61 Å². The molecule has 4 rings (SSSR count). The predicted octanol–water partition coefficient (Wildman–Crippen LogP) is 3.72. The average molecular weight is 408 g/mol. The molecule has 0 spiro atoms. The first-order valence-corrected chi connectivity index (χ1v) is 9.94. The molecule has 3 aromatic rings. The SMILES string of the molecule is CC(CCc1ccccc1)NC(=O)COCc1cc(-c2ccc3c(c2)OCO3)on1. The lowest BCUT2D eigenvalue weighted by Crippen LogP contribution is -2.35. The molecule has 1 aliphatic rings. The summed E-state index contributed by atoms with van der Waals surface area (Å²) < 4.78 is 21.6. The summed E-state index contributed by atoms with van der Waals surface area (Å²) in [5.74, 6) is 1.85. The van der Waals surface area contributed by atoms with Crippen molar-refractivity contribution in [3.05, 3.63) is 65.9 Å². The monoisotopic (exact) mass is 408 g/mol. The van der Waals surface area contributed by atoms with Gasteiger partial charge < -0.3 is 24.1 Å². The Hall–Kier alpha value is -3.32. The van der Waals surface area contributed by atoms with E-state index in [-0.39, 0.29) is 32.0 Å². The number of fused-ring (bicyclic) bond motifs is 1. The van der Waals surface area contributed by atoms with Gasteiger partial charge in [-0.2, -0.15) is 0 Å². The van der Waals surface area contributed by atoms with E-state index in [9.17, 15) is 4.79 Å². The van der Waals surface area contributed by atoms with Gasteiger partial charge in [-0.25, -0.2) is 0 Å². The summed E-state index contributed by atoms with van der Waals surface area (Å²) >= 11 is 0. The van der Waals surface area contributed by atoms with Gasteiger partial charge in [0.15, 0.2) is 17.3 Å². The Morgan fingerprint density at radius 1 is 1.13 bits per heavy atom. The number of nitrogens with zero attached hydrogens (tertiary/aromatic N) is 1. The topological polar surface area (TPSA) is 82.8 Å². The number of carbonyl (C=O) groups excluding carboxylic acids is 1. The molecule has 2 aromatic carbocycles. The number of nitrogens with one attached hydrogen (secondary N) is 1. The first-order valence-electron chi connectivity index (χ1n) is 9.94. The Bertz CT molecular complexity index is 986. The van der Waals surface area contributed by atoms with Gasteiger partial charge in [-0.3, -0.25) is 4.79 Å². The lowest BCUT2D eigenvalue weighted by Gasteiger charge is -2.13. The van der Waals surface area contributed by atoms with Gasteiger partial charge in [-0.15, -0.1) is 0 Å². The quantitative estimate of drug-likeness (QED) is 0.581. The van der Waals surface area contributed by atoms with Crippen LogP contribution in [0.15, 0.2) is 59.1 Å². The lowest BCUT2D eigenvalue weighted by molar-refractivity contribution is -0.126. The van der Waals surface area contributed by atoms with Gasteiger partial charge >= 0.3 is 0 Å². The smallest absolute Gasteiger partial charge is 0.246 e. The van der Waals surface area contributed by atoms with Crippen LogP contribution in [0.2, 0.25) is 0 Å². The molecule has 1 unspecified atom stereocenters. The first-order chi connectivity index (χ1) is 14.7. The lowest BCUT2D eigenvalue weighted by atomic mass is 10.1. The number of amides is 1. The number of aromatic nitrogens is 1. The molecule has 1 amide bonds. The maximum atomic E-state index is 12.1. The highest BCUT2D eigenvalue weighted by Crippen LogP contribution is 2.36. The van der Waals surface area contributed by atoms with Crippen molar-refractivity contribution in [1.29, 1.82) is 0 Å². The number of benzene rings is 2. The molecule has 1 N–H and O–H groups in total. The van der Waals surface area contributed by atoms with Crippen LogP contribution in [-0.4, -0.2) is 30.5 Å². The van der Waals surface area contributed by atoms with E-state index in [1.807, 2.05) is 43.3 Å². The van der Waals surface area contributed by atoms with Crippen LogP contribution >= 0.6 is 0 Å². The average Bonchev–Trinajstić information content (AvgIpc) is 3.42. The number of ether oxygens (including phenoxy) is 3. The van der Waals surface area contributed by atoms with Crippen molar-refractivity contribution in [2.75, 3.05) is 13.4 Å². The molecule has 0 fully saturated rings. The zero-order valence-corrected chi connectivity index (χ0v) is 16.8. The standard InChI is InChI=1S/C23H24N2O5/c1-16(7-8-17-5-3-2-4-6-17)24-23(26)14-27-13-19-12-21(30-25-19)18-9-10-20-22(11-18)29-15-28-20/h2-6,9-12,16H,7-8,13-15H2,1H3,(H,24,26). The number of rotatable bonds is 9. The zero-order valence-electron chi connectivity index (χ0n) is 16.8. The third kappa shape index (κ3) is 5.18. The molecule has 7 heteroatoms. The van der Waals surface area contributed by atoms with Crippen LogP contribution < -0.4 is 14.8 Å². The maximum absolute atomic E-state index is 12.1. The molecular weight excluding hydrogens is 384 g/mol. The molecule has 1 atom stereocenters. The van der Waals surface area contributed by atoms with Crippen LogP contribution in [0.25, 0.3) is 11.3 Å². The molecule has 0 radical (unpaired) electrons. The van der Waals surface area contributed by atoms with Crippen molar-refractivity contribution in [1.82, 2.24) is 10.5 Å². The Kier molecular flexibility index (Phi) is 6.29. The molecule has 2 heterocycles. The minimum absolute atomic E-state index is 0.0259. The van der Waals surface area contributed by atoms with Crippen molar-refractivity contribution in [2.45, 2.75) is 32.4 Å². The molecule has 7 nitrogen and oxygen atoms in total. The summed E-state index contributed by atoms with van der Waals surface area (Å²) in [6.07, 6.45) is 1.79. The number of hydrogen-bond donors (Lipinski definition) is 1. The van der Waals surface area contributed by atoms with Crippen LogP contribution in [0.3, 0.4) is 0 Å². The molecule has 30 heavy (non-hydrogen) atoms. The molecule has 0 saturated heterocycles. The maximum Gasteiger partial charge on any atom is 0.246 e. The van der Waals surface area contributed by atoms with E-state index in [4.69, 9.17) is 18.7 Å². The molecule has 156 valence electrons. The van der Waals surface area contributed by atoms with Gasteiger partial charge in [-0.05, 0) is 43.5 Å². The second-order valence-electron chi connectivity index (χ2n) is 7.24. The van der Waals surface area contributed by atoms with Gasteiger partial charge in [0.2, 0.25) is 12.7 Å². The van der Waals surface area contributed by atoms with E-state index in [1.54, 1.807) is 6.07 Å². The Morgan fingerprint density at radius 2 is 1.97 bits per heavy atom. The van der Waals surface area contributed by atoms with Crippen LogP contribution in [0.5, 0.6) is 11.5 Å². The second kappa shape index (κ2) is 9.45. The van der Waals surface area contributed by atoms with Crippen LogP contribution in [0.1, 0.15) is 24.6 Å². The number of aryl methyl sites for hydroxylation is 1. The largest absolute Gasteiger partial charge is 0.454 e. The molecule has 1 aliphatic heterocycles. The summed E-state index contributed by atoms with van der Waals surface area (Å²) in [6, 6.07) is 17.6.